The van der Waals surface area contributed by atoms with Crippen molar-refractivity contribution in [2.75, 3.05) is 18.0 Å². The lowest BCUT2D eigenvalue weighted by Gasteiger charge is -2.48. The van der Waals surface area contributed by atoms with Crippen molar-refractivity contribution in [2.45, 2.75) is 71.4 Å². The van der Waals surface area contributed by atoms with Crippen molar-refractivity contribution in [3.05, 3.63) is 29.8 Å². The number of piperazine rings is 1. The van der Waals surface area contributed by atoms with E-state index in [2.05, 4.69) is 76.0 Å². The highest BCUT2D eigenvalue weighted by molar-refractivity contribution is 5.58. The van der Waals surface area contributed by atoms with Crippen molar-refractivity contribution in [3.63, 3.8) is 0 Å². The Hall–Kier alpha value is -1.02. The normalized spacial score (nSPS) is 27.0. The van der Waals surface area contributed by atoms with Crippen molar-refractivity contribution in [2.24, 2.45) is 0 Å². The molecule has 2 nitrogen and oxygen atoms in total. The van der Waals surface area contributed by atoms with Gasteiger partial charge in [0.1, 0.15) is 0 Å². The summed E-state index contributed by atoms with van der Waals surface area (Å²) in [4.78, 5) is 2.65. The second-order valence-corrected chi connectivity index (χ2v) is 7.75. The minimum Gasteiger partial charge on any atom is -0.365 e. The number of nitrogens with one attached hydrogen (secondary N) is 1. The van der Waals surface area contributed by atoms with Gasteiger partial charge in [0.2, 0.25) is 0 Å². The van der Waals surface area contributed by atoms with Gasteiger partial charge in [0.25, 0.3) is 0 Å². The van der Waals surface area contributed by atoms with Crippen LogP contribution in [0.5, 0.6) is 0 Å². The van der Waals surface area contributed by atoms with Crippen molar-refractivity contribution >= 4 is 5.69 Å². The van der Waals surface area contributed by atoms with Crippen LogP contribution in [0.4, 0.5) is 5.69 Å². The highest BCUT2D eigenvalue weighted by Crippen LogP contribution is 2.35. The van der Waals surface area contributed by atoms with Gasteiger partial charge < -0.3 is 10.2 Å². The van der Waals surface area contributed by atoms with Crippen LogP contribution in [0, 0.1) is 0 Å². The summed E-state index contributed by atoms with van der Waals surface area (Å²) in [7, 11) is 0. The fraction of sp³-hybridized carbons (Fsp3) is 0.684. The molecule has 1 saturated heterocycles. The first-order chi connectivity index (χ1) is 9.80. The van der Waals surface area contributed by atoms with Crippen LogP contribution in [-0.2, 0) is 5.41 Å². The molecule has 0 saturated carbocycles. The highest BCUT2D eigenvalue weighted by atomic mass is 15.3. The van der Waals surface area contributed by atoms with Gasteiger partial charge in [-0.1, -0.05) is 52.8 Å². The van der Waals surface area contributed by atoms with Crippen molar-refractivity contribution in [1.82, 2.24) is 5.32 Å². The van der Waals surface area contributed by atoms with Gasteiger partial charge in [-0.2, -0.15) is 0 Å². The predicted octanol–water partition coefficient (Wildman–Crippen LogP) is 4.34. The van der Waals surface area contributed by atoms with E-state index < -0.39 is 0 Å². The lowest BCUT2D eigenvalue weighted by atomic mass is 9.84. The van der Waals surface area contributed by atoms with E-state index in [9.17, 15) is 0 Å². The summed E-state index contributed by atoms with van der Waals surface area (Å²) in [6, 6.07) is 9.56. The molecule has 1 aromatic rings. The minimum atomic E-state index is 0.183. The maximum Gasteiger partial charge on any atom is 0.0413 e. The summed E-state index contributed by atoms with van der Waals surface area (Å²) in [6.07, 6.45) is 2.35. The van der Waals surface area contributed by atoms with Crippen LogP contribution in [0.2, 0.25) is 0 Å². The monoisotopic (exact) mass is 288 g/mol. The molecule has 0 radical (unpaired) electrons. The lowest BCUT2D eigenvalue weighted by molar-refractivity contribution is 0.275. The fourth-order valence-electron chi connectivity index (χ4n) is 3.28. The number of anilines is 1. The first-order valence-electron chi connectivity index (χ1n) is 8.42. The van der Waals surface area contributed by atoms with Crippen LogP contribution in [-0.4, -0.2) is 24.7 Å². The van der Waals surface area contributed by atoms with E-state index in [4.69, 9.17) is 0 Å². The van der Waals surface area contributed by atoms with Gasteiger partial charge in [0.05, 0.1) is 0 Å². The van der Waals surface area contributed by atoms with Gasteiger partial charge in [0, 0.05) is 30.4 Å². The van der Waals surface area contributed by atoms with Crippen LogP contribution in [0.15, 0.2) is 24.3 Å². The minimum absolute atomic E-state index is 0.183. The summed E-state index contributed by atoms with van der Waals surface area (Å²) < 4.78 is 0. The number of rotatable bonds is 3. The average molecular weight is 288 g/mol. The van der Waals surface area contributed by atoms with Crippen LogP contribution >= 0.6 is 0 Å². The highest BCUT2D eigenvalue weighted by Gasteiger charge is 2.35. The number of hydrogen-bond donors (Lipinski definition) is 1. The molecule has 1 aromatic carbocycles. The Labute approximate surface area is 130 Å². The Morgan fingerprint density at radius 1 is 1.24 bits per heavy atom. The molecular weight excluding hydrogens is 256 g/mol. The summed E-state index contributed by atoms with van der Waals surface area (Å²) in [6.45, 7) is 16.1. The Balaban J connectivity index is 2.42. The molecule has 0 aromatic heterocycles. The number of para-hydroxylation sites is 1. The maximum atomic E-state index is 3.76. The quantitative estimate of drug-likeness (QED) is 0.890. The van der Waals surface area contributed by atoms with E-state index in [-0.39, 0.29) is 11.0 Å². The van der Waals surface area contributed by atoms with Gasteiger partial charge in [-0.05, 0) is 36.8 Å². The SMILES string of the molecule is CCC1CNC(C)(CC)CN1c1ccccc1C(C)(C)C. The van der Waals surface area contributed by atoms with Gasteiger partial charge in [0.15, 0.2) is 0 Å². The van der Waals surface area contributed by atoms with Gasteiger partial charge in [-0.3, -0.25) is 0 Å². The Bertz CT molecular complexity index is 475. The molecule has 0 aliphatic carbocycles. The van der Waals surface area contributed by atoms with Crippen molar-refractivity contribution in [1.29, 1.82) is 0 Å². The van der Waals surface area contributed by atoms with Gasteiger partial charge >= 0.3 is 0 Å². The molecule has 2 atom stereocenters. The Morgan fingerprint density at radius 2 is 1.90 bits per heavy atom. The third-order valence-electron chi connectivity index (χ3n) is 5.00. The van der Waals surface area contributed by atoms with Crippen LogP contribution in [0.3, 0.4) is 0 Å². The second kappa shape index (κ2) is 6.00. The van der Waals surface area contributed by atoms with Crippen molar-refractivity contribution in [3.8, 4) is 0 Å². The van der Waals surface area contributed by atoms with E-state index >= 15 is 0 Å². The zero-order valence-electron chi connectivity index (χ0n) is 14.7. The topological polar surface area (TPSA) is 15.3 Å². The largest absolute Gasteiger partial charge is 0.365 e. The molecule has 118 valence electrons. The summed E-state index contributed by atoms with van der Waals surface area (Å²) in [5.74, 6) is 0. The molecule has 21 heavy (non-hydrogen) atoms. The summed E-state index contributed by atoms with van der Waals surface area (Å²) >= 11 is 0. The molecule has 2 unspecified atom stereocenters. The molecule has 2 rings (SSSR count). The molecule has 0 spiro atoms. The predicted molar refractivity (Wildman–Crippen MR) is 93.3 cm³/mol. The summed E-state index contributed by atoms with van der Waals surface area (Å²) in [5.41, 5.74) is 3.29. The Morgan fingerprint density at radius 3 is 2.48 bits per heavy atom. The number of nitrogens with zero attached hydrogens (tertiary/aromatic N) is 1. The molecular formula is C19H32N2. The van der Waals surface area contributed by atoms with E-state index in [1.54, 1.807) is 0 Å². The third-order valence-corrected chi connectivity index (χ3v) is 5.00. The lowest BCUT2D eigenvalue weighted by Crippen LogP contribution is -2.63. The number of hydrogen-bond acceptors (Lipinski definition) is 2. The van der Waals surface area contributed by atoms with E-state index in [0.717, 1.165) is 19.5 Å². The van der Waals surface area contributed by atoms with Gasteiger partial charge in [-0.15, -0.1) is 0 Å². The first-order valence-corrected chi connectivity index (χ1v) is 8.42. The zero-order valence-corrected chi connectivity index (χ0v) is 14.7. The molecule has 2 heteroatoms. The third kappa shape index (κ3) is 3.42. The molecule has 1 aliphatic rings. The van der Waals surface area contributed by atoms with E-state index in [1.807, 2.05) is 0 Å². The smallest absolute Gasteiger partial charge is 0.0413 e. The summed E-state index contributed by atoms with van der Waals surface area (Å²) in [5, 5.41) is 3.76. The van der Waals surface area contributed by atoms with Crippen molar-refractivity contribution < 1.29 is 0 Å². The molecule has 1 fully saturated rings. The molecule has 1 N–H and O–H groups in total. The zero-order chi connectivity index (χ0) is 15.7. The van der Waals surface area contributed by atoms with E-state index in [1.165, 1.54) is 17.7 Å². The van der Waals surface area contributed by atoms with Crippen LogP contribution < -0.4 is 10.2 Å². The average Bonchev–Trinajstić information content (AvgIpc) is 2.46. The molecule has 1 heterocycles. The fourth-order valence-corrected chi connectivity index (χ4v) is 3.28. The molecule has 0 bridgehead atoms. The Kier molecular flexibility index (Phi) is 4.67. The maximum absolute atomic E-state index is 3.76. The first kappa shape index (κ1) is 16.4. The standard InChI is InChI=1S/C19H32N2/c1-7-15-13-20-19(6,8-2)14-21(15)17-12-10-9-11-16(17)18(3,4)5/h9-12,15,20H,7-8,13-14H2,1-6H3. The van der Waals surface area contributed by atoms with Crippen LogP contribution in [0.1, 0.15) is 59.9 Å². The number of benzene rings is 1. The van der Waals surface area contributed by atoms with Crippen LogP contribution in [0.25, 0.3) is 0 Å². The van der Waals surface area contributed by atoms with E-state index in [0.29, 0.717) is 6.04 Å². The van der Waals surface area contributed by atoms with Gasteiger partial charge in [-0.25, -0.2) is 0 Å². The molecule has 0 amide bonds. The second-order valence-electron chi connectivity index (χ2n) is 7.75. The molecule has 1 aliphatic heterocycles.